The molecule has 0 saturated heterocycles. The molecule has 5 heteroatoms. The highest BCUT2D eigenvalue weighted by molar-refractivity contribution is 5.98. The number of para-hydroxylation sites is 2. The van der Waals surface area contributed by atoms with Crippen molar-refractivity contribution in [1.82, 2.24) is 14.5 Å². The van der Waals surface area contributed by atoms with Gasteiger partial charge in [-0.1, -0.05) is 97.1 Å². The van der Waals surface area contributed by atoms with E-state index in [1.54, 1.807) is 24.4 Å². The van der Waals surface area contributed by atoms with E-state index in [-0.39, 0.29) is 5.75 Å². The first-order chi connectivity index (χ1) is 23.7. The fourth-order valence-electron chi connectivity index (χ4n) is 6.32. The van der Waals surface area contributed by atoms with Crippen LogP contribution in [0.2, 0.25) is 0 Å². The molecule has 48 heavy (non-hydrogen) atoms. The minimum absolute atomic E-state index is 0.149. The van der Waals surface area contributed by atoms with Crippen LogP contribution in [0.5, 0.6) is 5.75 Å². The van der Waals surface area contributed by atoms with Gasteiger partial charge in [-0.25, -0.2) is 4.98 Å². The molecule has 226 valence electrons. The number of phenolic OH excluding ortho intramolecular Hbond substituents is 1. The van der Waals surface area contributed by atoms with E-state index < -0.39 is 0 Å². The third kappa shape index (κ3) is 5.18. The second kappa shape index (κ2) is 12.2. The Morgan fingerprint density at radius 3 is 1.94 bits per heavy atom. The molecule has 6 aromatic carbocycles. The van der Waals surface area contributed by atoms with Gasteiger partial charge in [0, 0.05) is 23.0 Å². The summed E-state index contributed by atoms with van der Waals surface area (Å²) in [6, 6.07) is 54.5. The lowest BCUT2D eigenvalue weighted by Crippen LogP contribution is -1.98. The Morgan fingerprint density at radius 1 is 0.542 bits per heavy atom. The molecule has 0 spiro atoms. The molecule has 0 amide bonds. The van der Waals surface area contributed by atoms with Crippen LogP contribution in [0.3, 0.4) is 0 Å². The normalized spacial score (nSPS) is 11.0. The number of fused-ring (bicyclic) bond motifs is 1. The maximum absolute atomic E-state index is 11.3. The van der Waals surface area contributed by atoms with E-state index in [1.807, 2.05) is 84.9 Å². The first kappa shape index (κ1) is 28.7. The Bertz CT molecular complexity index is 2460. The van der Waals surface area contributed by atoms with Crippen LogP contribution in [0.15, 0.2) is 164 Å². The zero-order valence-corrected chi connectivity index (χ0v) is 25.8. The van der Waals surface area contributed by atoms with E-state index in [2.05, 4.69) is 70.2 Å². The molecule has 2 heterocycles. The number of imidazole rings is 1. The van der Waals surface area contributed by atoms with Crippen LogP contribution in [-0.4, -0.2) is 19.6 Å². The van der Waals surface area contributed by atoms with Crippen molar-refractivity contribution in [1.29, 1.82) is 5.26 Å². The van der Waals surface area contributed by atoms with Gasteiger partial charge in [0.05, 0.1) is 27.9 Å². The monoisotopic (exact) mass is 616 g/mol. The number of pyridine rings is 1. The van der Waals surface area contributed by atoms with Crippen molar-refractivity contribution in [2.75, 3.05) is 0 Å². The highest BCUT2D eigenvalue weighted by Crippen LogP contribution is 2.40. The van der Waals surface area contributed by atoms with Crippen LogP contribution in [0.25, 0.3) is 72.7 Å². The van der Waals surface area contributed by atoms with Gasteiger partial charge in [0.1, 0.15) is 17.6 Å². The lowest BCUT2D eigenvalue weighted by molar-refractivity contribution is 0.477. The van der Waals surface area contributed by atoms with Crippen LogP contribution < -0.4 is 0 Å². The number of hydrogen-bond acceptors (Lipinski definition) is 4. The largest absolute Gasteiger partial charge is 0.507 e. The Morgan fingerprint density at radius 2 is 1.21 bits per heavy atom. The van der Waals surface area contributed by atoms with Gasteiger partial charge in [-0.15, -0.1) is 0 Å². The fraction of sp³-hybridized carbons (Fsp3) is 0. The zero-order valence-electron chi connectivity index (χ0n) is 25.8. The van der Waals surface area contributed by atoms with Crippen LogP contribution in [0, 0.1) is 11.3 Å². The quantitative estimate of drug-likeness (QED) is 0.202. The molecular weight excluding hydrogens is 589 g/mol. The Balaban J connectivity index is 1.40. The van der Waals surface area contributed by atoms with E-state index in [9.17, 15) is 10.4 Å². The zero-order chi connectivity index (χ0) is 32.5. The minimum Gasteiger partial charge on any atom is -0.507 e. The van der Waals surface area contributed by atoms with Crippen molar-refractivity contribution < 1.29 is 5.11 Å². The molecular formula is C43H28N4O. The lowest BCUT2D eigenvalue weighted by atomic mass is 9.93. The average Bonchev–Trinajstić information content (AvgIpc) is 3.55. The van der Waals surface area contributed by atoms with E-state index in [4.69, 9.17) is 4.98 Å². The van der Waals surface area contributed by atoms with Crippen LogP contribution in [0.1, 0.15) is 5.56 Å². The number of aromatic nitrogens is 3. The molecule has 8 rings (SSSR count). The van der Waals surface area contributed by atoms with Crippen molar-refractivity contribution >= 4 is 11.0 Å². The third-order valence-corrected chi connectivity index (χ3v) is 8.60. The van der Waals surface area contributed by atoms with Crippen LogP contribution >= 0.6 is 0 Å². The first-order valence-corrected chi connectivity index (χ1v) is 15.7. The summed E-state index contributed by atoms with van der Waals surface area (Å²) in [5.74, 6) is 0.783. The second-order valence-electron chi connectivity index (χ2n) is 11.6. The summed E-state index contributed by atoms with van der Waals surface area (Å²) < 4.78 is 2.11. The molecule has 0 radical (unpaired) electrons. The number of nitriles is 1. The SMILES string of the molecule is N#Cc1cccnc1-c1cc(-c2ccccc2)cc(-c2cccc3c2nc(-c2cc(-c4ccccc4)ccc2O)n3-c2ccccc2)c1. The molecule has 0 unspecified atom stereocenters. The summed E-state index contributed by atoms with van der Waals surface area (Å²) in [6.07, 6.45) is 1.72. The molecule has 2 aromatic heterocycles. The van der Waals surface area contributed by atoms with Crippen molar-refractivity contribution in [3.05, 3.63) is 169 Å². The predicted octanol–water partition coefficient (Wildman–Crippen LogP) is 10.3. The Labute approximate surface area is 278 Å². The summed E-state index contributed by atoms with van der Waals surface area (Å²) >= 11 is 0. The molecule has 0 aliphatic rings. The van der Waals surface area contributed by atoms with E-state index >= 15 is 0 Å². The topological polar surface area (TPSA) is 74.7 Å². The maximum Gasteiger partial charge on any atom is 0.149 e. The van der Waals surface area contributed by atoms with E-state index in [0.29, 0.717) is 22.6 Å². The van der Waals surface area contributed by atoms with E-state index in [1.165, 1.54) is 0 Å². The predicted molar refractivity (Wildman–Crippen MR) is 192 cm³/mol. The number of phenols is 1. The van der Waals surface area contributed by atoms with Crippen molar-refractivity contribution in [3.8, 4) is 73.5 Å². The first-order valence-electron chi connectivity index (χ1n) is 15.7. The number of nitrogens with zero attached hydrogens (tertiary/aromatic N) is 4. The van der Waals surface area contributed by atoms with E-state index in [0.717, 1.165) is 55.7 Å². The van der Waals surface area contributed by atoms with Crippen molar-refractivity contribution in [2.45, 2.75) is 0 Å². The molecule has 1 N–H and O–H groups in total. The second-order valence-corrected chi connectivity index (χ2v) is 11.6. The average molecular weight is 617 g/mol. The number of rotatable bonds is 6. The highest BCUT2D eigenvalue weighted by Gasteiger charge is 2.21. The van der Waals surface area contributed by atoms with Gasteiger partial charge in [0.25, 0.3) is 0 Å². The van der Waals surface area contributed by atoms with Crippen LogP contribution in [0.4, 0.5) is 0 Å². The van der Waals surface area contributed by atoms with Gasteiger partial charge in [0.2, 0.25) is 0 Å². The van der Waals surface area contributed by atoms with Gasteiger partial charge in [-0.05, 0) is 88.5 Å². The summed E-state index contributed by atoms with van der Waals surface area (Å²) in [4.78, 5) is 9.93. The molecule has 0 fully saturated rings. The summed E-state index contributed by atoms with van der Waals surface area (Å²) in [6.45, 7) is 0. The summed E-state index contributed by atoms with van der Waals surface area (Å²) in [5, 5.41) is 21.2. The number of benzene rings is 6. The Hall–Kier alpha value is -6.77. The van der Waals surface area contributed by atoms with Gasteiger partial charge < -0.3 is 5.11 Å². The van der Waals surface area contributed by atoms with Crippen molar-refractivity contribution in [3.63, 3.8) is 0 Å². The lowest BCUT2D eigenvalue weighted by Gasteiger charge is -2.13. The highest BCUT2D eigenvalue weighted by atomic mass is 16.3. The molecule has 8 aromatic rings. The minimum atomic E-state index is 0.149. The standard InChI is InChI=1S/C43H28N4O/c44-28-32-16-11-23-45-41(32)35-25-33(30-14-6-2-7-15-30)24-34(26-35)37-19-10-20-39-42(37)46-43(47(39)36-17-8-3-9-18-36)38-27-31(21-22-40(38)48)29-12-4-1-5-13-29/h1-27,48H. The maximum atomic E-state index is 11.3. The fourth-order valence-corrected chi connectivity index (χ4v) is 6.32. The molecule has 0 aliphatic heterocycles. The van der Waals surface area contributed by atoms with Gasteiger partial charge in [-0.2, -0.15) is 5.26 Å². The molecule has 0 bridgehead atoms. The van der Waals surface area contributed by atoms with Crippen LogP contribution in [-0.2, 0) is 0 Å². The summed E-state index contributed by atoms with van der Waals surface area (Å²) in [5.41, 5.74) is 11.2. The van der Waals surface area contributed by atoms with Gasteiger partial charge >= 0.3 is 0 Å². The summed E-state index contributed by atoms with van der Waals surface area (Å²) in [7, 11) is 0. The number of hydrogen-bond donors (Lipinski definition) is 1. The molecule has 5 nitrogen and oxygen atoms in total. The van der Waals surface area contributed by atoms with Gasteiger partial charge in [-0.3, -0.25) is 9.55 Å². The Kier molecular flexibility index (Phi) is 7.29. The number of aromatic hydroxyl groups is 1. The van der Waals surface area contributed by atoms with Gasteiger partial charge in [0.15, 0.2) is 0 Å². The molecule has 0 saturated carbocycles. The molecule has 0 aliphatic carbocycles. The molecule has 0 atom stereocenters. The third-order valence-electron chi connectivity index (χ3n) is 8.60. The van der Waals surface area contributed by atoms with Crippen molar-refractivity contribution in [2.24, 2.45) is 0 Å². The smallest absolute Gasteiger partial charge is 0.149 e.